The molecule has 1 fully saturated rings. The summed E-state index contributed by atoms with van der Waals surface area (Å²) in [4.78, 5) is 4.39. The zero-order valence-corrected chi connectivity index (χ0v) is 13.2. The third-order valence-corrected chi connectivity index (χ3v) is 4.30. The van der Waals surface area contributed by atoms with Crippen LogP contribution in [0.4, 0.5) is 0 Å². The zero-order valence-electron chi connectivity index (χ0n) is 13.2. The molecule has 0 unspecified atom stereocenters. The van der Waals surface area contributed by atoms with E-state index >= 15 is 0 Å². The molecule has 24 heavy (non-hydrogen) atoms. The molecular weight excluding hydrogens is 300 g/mol. The second kappa shape index (κ2) is 6.37. The molecule has 5 nitrogen and oxygen atoms in total. The summed E-state index contributed by atoms with van der Waals surface area (Å²) >= 11 is 0. The Bertz CT molecular complexity index is 895. The normalized spacial score (nSPS) is 14.8. The number of phenolic OH excluding ortho intramolecular Hbond substituents is 1. The lowest BCUT2D eigenvalue weighted by Crippen LogP contribution is -2.23. The van der Waals surface area contributed by atoms with Crippen LogP contribution in [-0.4, -0.2) is 33.4 Å². The quantitative estimate of drug-likeness (QED) is 0.759. The minimum atomic E-state index is 0.189. The Morgan fingerprint density at radius 1 is 1.00 bits per heavy atom. The number of hydrogen-bond donors (Lipinski definition) is 2. The van der Waals surface area contributed by atoms with Gasteiger partial charge in [0.1, 0.15) is 11.4 Å². The molecule has 0 saturated carbocycles. The Morgan fingerprint density at radius 2 is 1.75 bits per heavy atom. The summed E-state index contributed by atoms with van der Waals surface area (Å²) in [5.74, 6) is 0.810. The number of piperidine rings is 1. The van der Waals surface area contributed by atoms with Crippen LogP contribution in [0.1, 0.15) is 18.7 Å². The van der Waals surface area contributed by atoms with Gasteiger partial charge < -0.3 is 10.4 Å². The summed E-state index contributed by atoms with van der Waals surface area (Å²) in [6.07, 6.45) is 5.73. The first-order valence-electron chi connectivity index (χ1n) is 8.11. The molecule has 2 heterocycles. The van der Waals surface area contributed by atoms with Crippen LogP contribution >= 0.6 is 0 Å². The van der Waals surface area contributed by atoms with Gasteiger partial charge in [0.25, 0.3) is 0 Å². The number of aromatic nitrogens is 3. The van der Waals surface area contributed by atoms with Crippen LogP contribution in [0.15, 0.2) is 48.2 Å². The summed E-state index contributed by atoms with van der Waals surface area (Å²) in [5.41, 5.74) is 2.57. The van der Waals surface area contributed by atoms with Gasteiger partial charge >= 0.3 is 0 Å². The third kappa shape index (κ3) is 2.98. The molecule has 1 aliphatic rings. The highest BCUT2D eigenvalue weighted by Gasteiger charge is 2.10. The largest absolute Gasteiger partial charge is 0.507 e. The van der Waals surface area contributed by atoms with Crippen LogP contribution in [0.5, 0.6) is 5.75 Å². The molecule has 0 radical (unpaired) electrons. The van der Waals surface area contributed by atoms with Crippen molar-refractivity contribution in [2.24, 2.45) is 0 Å². The highest BCUT2D eigenvalue weighted by molar-refractivity contribution is 5.89. The smallest absolute Gasteiger partial charge is 0.174 e. The average Bonchev–Trinajstić information content (AvgIpc) is 2.63. The van der Waals surface area contributed by atoms with Crippen LogP contribution in [-0.2, 0) is 0 Å². The molecule has 0 atom stereocenters. The highest BCUT2D eigenvalue weighted by atomic mass is 16.3. The average molecular weight is 318 g/mol. The fourth-order valence-electron chi connectivity index (χ4n) is 2.98. The van der Waals surface area contributed by atoms with Gasteiger partial charge in [-0.25, -0.2) is 4.98 Å². The number of phenols is 1. The molecule has 0 bridgehead atoms. The number of nitrogens with one attached hydrogen (secondary N) is 1. The lowest BCUT2D eigenvalue weighted by atomic mass is 10.0. The molecule has 4 rings (SSSR count). The topological polar surface area (TPSA) is 70.9 Å². The van der Waals surface area contributed by atoms with Crippen LogP contribution in [0.25, 0.3) is 28.1 Å². The molecule has 0 spiro atoms. The minimum Gasteiger partial charge on any atom is -0.507 e. The standard InChI is InChI=1S/C19H18N4O/c24-18-11-15-4-2-1-3-14(15)10-16(18)17-12-21-19(23-22-17)9-13-5-7-20-8-6-13/h1-4,9-12,20,24H,5-8H2. The molecular formula is C19H18N4O. The predicted octanol–water partition coefficient (Wildman–Crippen LogP) is 3.16. The first-order valence-corrected chi connectivity index (χ1v) is 8.11. The summed E-state index contributed by atoms with van der Waals surface area (Å²) in [7, 11) is 0. The highest BCUT2D eigenvalue weighted by Crippen LogP contribution is 2.31. The number of benzene rings is 2. The van der Waals surface area contributed by atoms with Crippen molar-refractivity contribution in [2.75, 3.05) is 13.1 Å². The maximum absolute atomic E-state index is 10.3. The van der Waals surface area contributed by atoms with Crippen molar-refractivity contribution in [3.8, 4) is 17.0 Å². The van der Waals surface area contributed by atoms with E-state index in [1.54, 1.807) is 12.3 Å². The number of fused-ring (bicyclic) bond motifs is 1. The van der Waals surface area contributed by atoms with Gasteiger partial charge in [-0.1, -0.05) is 29.8 Å². The fourth-order valence-corrected chi connectivity index (χ4v) is 2.98. The third-order valence-electron chi connectivity index (χ3n) is 4.30. The lowest BCUT2D eigenvalue weighted by molar-refractivity contribution is 0.478. The van der Waals surface area contributed by atoms with Crippen LogP contribution in [0.2, 0.25) is 0 Å². The van der Waals surface area contributed by atoms with Gasteiger partial charge in [-0.05, 0) is 54.9 Å². The van der Waals surface area contributed by atoms with Crippen molar-refractivity contribution in [3.05, 3.63) is 54.0 Å². The number of rotatable bonds is 2. The summed E-state index contributed by atoms with van der Waals surface area (Å²) < 4.78 is 0. The van der Waals surface area contributed by atoms with E-state index in [-0.39, 0.29) is 5.75 Å². The molecule has 1 aliphatic heterocycles. The second-order valence-corrected chi connectivity index (χ2v) is 5.97. The molecule has 0 aliphatic carbocycles. The van der Waals surface area contributed by atoms with Gasteiger partial charge in [-0.15, -0.1) is 10.2 Å². The van der Waals surface area contributed by atoms with Gasteiger partial charge in [-0.3, -0.25) is 0 Å². The van der Waals surface area contributed by atoms with E-state index in [9.17, 15) is 5.11 Å². The van der Waals surface area contributed by atoms with Gasteiger partial charge in [0.05, 0.1) is 6.20 Å². The molecule has 1 saturated heterocycles. The number of nitrogens with zero attached hydrogens (tertiary/aromatic N) is 3. The Hall–Kier alpha value is -2.79. The van der Waals surface area contributed by atoms with E-state index in [0.29, 0.717) is 17.1 Å². The first-order chi connectivity index (χ1) is 11.8. The predicted molar refractivity (Wildman–Crippen MR) is 94.5 cm³/mol. The summed E-state index contributed by atoms with van der Waals surface area (Å²) in [6.45, 7) is 2.00. The van der Waals surface area contributed by atoms with Crippen molar-refractivity contribution < 1.29 is 5.11 Å². The zero-order chi connectivity index (χ0) is 16.4. The van der Waals surface area contributed by atoms with Gasteiger partial charge in [0.15, 0.2) is 5.82 Å². The Balaban J connectivity index is 1.66. The lowest BCUT2D eigenvalue weighted by Gasteiger charge is -2.14. The van der Waals surface area contributed by atoms with E-state index in [2.05, 4.69) is 20.5 Å². The minimum absolute atomic E-state index is 0.189. The van der Waals surface area contributed by atoms with E-state index in [4.69, 9.17) is 0 Å². The Morgan fingerprint density at radius 3 is 2.46 bits per heavy atom. The van der Waals surface area contributed by atoms with Gasteiger partial charge in [0, 0.05) is 5.56 Å². The SMILES string of the molecule is Oc1cc2ccccc2cc1-c1cnc(C=C2CCNCC2)nn1. The van der Waals surface area contributed by atoms with Crippen LogP contribution < -0.4 is 5.32 Å². The molecule has 5 heteroatoms. The number of aromatic hydroxyl groups is 1. The van der Waals surface area contributed by atoms with Gasteiger partial charge in [0.2, 0.25) is 0 Å². The fraction of sp³-hybridized carbons (Fsp3) is 0.211. The van der Waals surface area contributed by atoms with Crippen molar-refractivity contribution >= 4 is 16.8 Å². The number of hydrogen-bond acceptors (Lipinski definition) is 5. The second-order valence-electron chi connectivity index (χ2n) is 5.97. The summed E-state index contributed by atoms with van der Waals surface area (Å²) in [5, 5.41) is 24.1. The molecule has 2 aromatic carbocycles. The van der Waals surface area contributed by atoms with Crippen molar-refractivity contribution in [2.45, 2.75) is 12.8 Å². The molecule has 1 aromatic heterocycles. The Kier molecular flexibility index (Phi) is 3.92. The molecule has 3 aromatic rings. The van der Waals surface area contributed by atoms with Crippen molar-refractivity contribution in [3.63, 3.8) is 0 Å². The van der Waals surface area contributed by atoms with Crippen molar-refractivity contribution in [1.82, 2.24) is 20.5 Å². The maximum atomic E-state index is 10.3. The molecule has 0 amide bonds. The monoisotopic (exact) mass is 318 g/mol. The van der Waals surface area contributed by atoms with E-state index in [1.165, 1.54) is 5.57 Å². The Labute approximate surface area is 140 Å². The van der Waals surface area contributed by atoms with Crippen LogP contribution in [0, 0.1) is 0 Å². The van der Waals surface area contributed by atoms with E-state index in [1.807, 2.05) is 36.4 Å². The van der Waals surface area contributed by atoms with Crippen molar-refractivity contribution in [1.29, 1.82) is 0 Å². The maximum Gasteiger partial charge on any atom is 0.174 e. The van der Waals surface area contributed by atoms with Gasteiger partial charge in [-0.2, -0.15) is 0 Å². The van der Waals surface area contributed by atoms with E-state index in [0.717, 1.165) is 36.7 Å². The molecule has 120 valence electrons. The van der Waals surface area contributed by atoms with Crippen LogP contribution in [0.3, 0.4) is 0 Å². The molecule has 2 N–H and O–H groups in total. The summed E-state index contributed by atoms with van der Waals surface area (Å²) in [6, 6.07) is 11.6. The van der Waals surface area contributed by atoms with E-state index < -0.39 is 0 Å². The first kappa shape index (κ1) is 14.8.